The summed E-state index contributed by atoms with van der Waals surface area (Å²) in [5, 5.41) is 2.67. The van der Waals surface area contributed by atoms with Crippen molar-refractivity contribution in [2.75, 3.05) is 11.1 Å². The lowest BCUT2D eigenvalue weighted by Gasteiger charge is -2.09. The molecule has 0 aliphatic rings. The highest BCUT2D eigenvalue weighted by Gasteiger charge is 2.12. The van der Waals surface area contributed by atoms with Gasteiger partial charge >= 0.3 is 0 Å². The largest absolute Gasteiger partial charge is 0.398 e. The summed E-state index contributed by atoms with van der Waals surface area (Å²) >= 11 is 5.82. The molecule has 19 heavy (non-hydrogen) atoms. The molecule has 3 N–H and O–H groups in total. The van der Waals surface area contributed by atoms with Gasteiger partial charge in [0.15, 0.2) is 0 Å². The number of pyridine rings is 1. The fourth-order valence-electron chi connectivity index (χ4n) is 1.55. The molecule has 0 spiro atoms. The maximum Gasteiger partial charge on any atom is 0.259 e. The summed E-state index contributed by atoms with van der Waals surface area (Å²) in [5.74, 6) is -0.918. The molecule has 2 aromatic rings. The number of nitrogens with zero attached hydrogens (tertiary/aromatic N) is 1. The molecule has 2 rings (SSSR count). The van der Waals surface area contributed by atoms with Gasteiger partial charge in [-0.2, -0.15) is 0 Å². The molecule has 0 saturated heterocycles. The van der Waals surface area contributed by atoms with E-state index in [4.69, 9.17) is 17.3 Å². The highest BCUT2D eigenvalue weighted by atomic mass is 35.5. The highest BCUT2D eigenvalue weighted by Crippen LogP contribution is 2.23. The van der Waals surface area contributed by atoms with Crippen molar-refractivity contribution in [2.45, 2.75) is 6.92 Å². The molecule has 1 aromatic heterocycles. The van der Waals surface area contributed by atoms with Gasteiger partial charge in [0.25, 0.3) is 5.91 Å². The Balaban J connectivity index is 2.25. The summed E-state index contributed by atoms with van der Waals surface area (Å²) in [4.78, 5) is 16.0. The summed E-state index contributed by atoms with van der Waals surface area (Å²) < 4.78 is 12.9. The molecule has 1 aromatic carbocycles. The molecule has 0 atom stereocenters. The molecule has 0 radical (unpaired) electrons. The van der Waals surface area contributed by atoms with Gasteiger partial charge in [-0.15, -0.1) is 0 Å². The van der Waals surface area contributed by atoms with Crippen LogP contribution in [0.25, 0.3) is 0 Å². The van der Waals surface area contributed by atoms with Crippen LogP contribution in [0.4, 0.5) is 15.8 Å². The van der Waals surface area contributed by atoms with Crippen LogP contribution in [0.5, 0.6) is 0 Å². The minimum atomic E-state index is -0.473. The van der Waals surface area contributed by atoms with Crippen LogP contribution < -0.4 is 11.1 Å². The van der Waals surface area contributed by atoms with Crippen molar-refractivity contribution in [3.05, 3.63) is 52.6 Å². The van der Waals surface area contributed by atoms with E-state index in [0.29, 0.717) is 17.1 Å². The normalized spacial score (nSPS) is 10.3. The molecule has 98 valence electrons. The molecule has 0 fully saturated rings. The van der Waals surface area contributed by atoms with Gasteiger partial charge in [-0.25, -0.2) is 4.39 Å². The number of nitrogens with one attached hydrogen (secondary N) is 1. The number of aryl methyl sites for hydroxylation is 1. The third-order valence-electron chi connectivity index (χ3n) is 2.50. The fourth-order valence-corrected chi connectivity index (χ4v) is 1.77. The Morgan fingerprint density at radius 1 is 1.42 bits per heavy atom. The smallest absolute Gasteiger partial charge is 0.259 e. The Morgan fingerprint density at radius 2 is 2.16 bits per heavy atom. The number of nitrogens with two attached hydrogens (primary N) is 1. The van der Waals surface area contributed by atoms with Gasteiger partial charge in [-0.05, 0) is 31.2 Å². The molecule has 6 heteroatoms. The van der Waals surface area contributed by atoms with Crippen LogP contribution in [0, 0.1) is 12.7 Å². The van der Waals surface area contributed by atoms with E-state index in [1.165, 1.54) is 18.3 Å². The van der Waals surface area contributed by atoms with Crippen LogP contribution in [0.3, 0.4) is 0 Å². The number of hydrogen-bond acceptors (Lipinski definition) is 3. The summed E-state index contributed by atoms with van der Waals surface area (Å²) in [5.41, 5.74) is 7.34. The van der Waals surface area contributed by atoms with E-state index in [2.05, 4.69) is 10.3 Å². The minimum Gasteiger partial charge on any atom is -0.398 e. The number of benzene rings is 1. The van der Waals surface area contributed by atoms with E-state index in [-0.39, 0.29) is 10.6 Å². The monoisotopic (exact) mass is 279 g/mol. The number of rotatable bonds is 2. The Kier molecular flexibility index (Phi) is 3.66. The minimum absolute atomic E-state index is 0.118. The van der Waals surface area contributed by atoms with E-state index in [0.717, 1.165) is 6.07 Å². The quantitative estimate of drug-likeness (QED) is 0.888. The van der Waals surface area contributed by atoms with Gasteiger partial charge < -0.3 is 11.1 Å². The average molecular weight is 280 g/mol. The molecule has 1 amide bonds. The van der Waals surface area contributed by atoms with E-state index < -0.39 is 11.7 Å². The molecule has 0 unspecified atom stereocenters. The molecule has 0 aliphatic carbocycles. The Morgan fingerprint density at radius 3 is 2.79 bits per heavy atom. The molecular formula is C13H11ClFN3O. The number of nitrogen functional groups attached to an aromatic ring is 1. The average Bonchev–Trinajstić information content (AvgIpc) is 2.32. The first-order chi connectivity index (χ1) is 8.97. The Hall–Kier alpha value is -2.14. The van der Waals surface area contributed by atoms with E-state index in [1.807, 2.05) is 0 Å². The standard InChI is InChI=1S/C13H11ClFN3O/c1-7-4-11(16)9(6-17-7)13(19)18-12-3-2-8(15)5-10(12)14/h2-6H,1H3,(H2,16,17)(H,18,19). The summed E-state index contributed by atoms with van der Waals surface area (Å²) in [6, 6.07) is 5.31. The zero-order chi connectivity index (χ0) is 14.0. The van der Waals surface area contributed by atoms with Crippen LogP contribution in [0.1, 0.15) is 16.1 Å². The van der Waals surface area contributed by atoms with Gasteiger partial charge in [-0.3, -0.25) is 9.78 Å². The lowest BCUT2D eigenvalue weighted by Crippen LogP contribution is -2.15. The van der Waals surface area contributed by atoms with Crippen LogP contribution in [0.15, 0.2) is 30.5 Å². The third kappa shape index (κ3) is 3.00. The molecular weight excluding hydrogens is 269 g/mol. The first-order valence-corrected chi connectivity index (χ1v) is 5.83. The van der Waals surface area contributed by atoms with Gasteiger partial charge in [0.2, 0.25) is 0 Å². The molecule has 4 nitrogen and oxygen atoms in total. The van der Waals surface area contributed by atoms with Gasteiger partial charge in [0.1, 0.15) is 5.82 Å². The van der Waals surface area contributed by atoms with Gasteiger partial charge in [0.05, 0.1) is 16.3 Å². The Bertz CT molecular complexity index is 646. The number of anilines is 2. The molecule has 0 bridgehead atoms. The number of amides is 1. The number of hydrogen-bond donors (Lipinski definition) is 2. The van der Waals surface area contributed by atoms with Crippen molar-refractivity contribution in [3.8, 4) is 0 Å². The first-order valence-electron chi connectivity index (χ1n) is 5.46. The second-order valence-corrected chi connectivity index (χ2v) is 4.40. The Labute approximate surface area is 114 Å². The van der Waals surface area contributed by atoms with Crippen LogP contribution in [-0.4, -0.2) is 10.9 Å². The third-order valence-corrected chi connectivity index (χ3v) is 2.81. The summed E-state index contributed by atoms with van der Waals surface area (Å²) in [6.07, 6.45) is 1.39. The first kappa shape index (κ1) is 13.3. The zero-order valence-electron chi connectivity index (χ0n) is 10.1. The maximum absolute atomic E-state index is 12.9. The lowest BCUT2D eigenvalue weighted by molar-refractivity contribution is 0.102. The lowest BCUT2D eigenvalue weighted by atomic mass is 10.2. The van der Waals surface area contributed by atoms with Gasteiger partial charge in [0, 0.05) is 17.6 Å². The fraction of sp³-hybridized carbons (Fsp3) is 0.0769. The highest BCUT2D eigenvalue weighted by molar-refractivity contribution is 6.34. The van der Waals surface area contributed by atoms with E-state index >= 15 is 0 Å². The second kappa shape index (κ2) is 5.24. The van der Waals surface area contributed by atoms with Crippen molar-refractivity contribution in [2.24, 2.45) is 0 Å². The number of halogens is 2. The second-order valence-electron chi connectivity index (χ2n) is 3.99. The number of aromatic nitrogens is 1. The van der Waals surface area contributed by atoms with Crippen molar-refractivity contribution in [3.63, 3.8) is 0 Å². The summed E-state index contributed by atoms with van der Waals surface area (Å²) in [7, 11) is 0. The predicted octanol–water partition coefficient (Wildman–Crippen LogP) is 3.02. The maximum atomic E-state index is 12.9. The van der Waals surface area contributed by atoms with Crippen LogP contribution in [-0.2, 0) is 0 Å². The van der Waals surface area contributed by atoms with Crippen molar-refractivity contribution >= 4 is 28.9 Å². The van der Waals surface area contributed by atoms with Crippen molar-refractivity contribution < 1.29 is 9.18 Å². The SMILES string of the molecule is Cc1cc(N)c(C(=O)Nc2ccc(F)cc2Cl)cn1. The molecule has 0 aliphatic heterocycles. The van der Waals surface area contributed by atoms with Gasteiger partial charge in [-0.1, -0.05) is 11.6 Å². The van der Waals surface area contributed by atoms with Crippen molar-refractivity contribution in [1.29, 1.82) is 0 Å². The number of carbonyl (C=O) groups is 1. The van der Waals surface area contributed by atoms with Crippen LogP contribution in [0.2, 0.25) is 5.02 Å². The number of carbonyl (C=O) groups excluding carboxylic acids is 1. The predicted molar refractivity (Wildman–Crippen MR) is 72.7 cm³/mol. The zero-order valence-corrected chi connectivity index (χ0v) is 10.8. The molecule has 0 saturated carbocycles. The van der Waals surface area contributed by atoms with Crippen molar-refractivity contribution in [1.82, 2.24) is 4.98 Å². The topological polar surface area (TPSA) is 68.0 Å². The van der Waals surface area contributed by atoms with E-state index in [9.17, 15) is 9.18 Å². The summed E-state index contributed by atoms with van der Waals surface area (Å²) in [6.45, 7) is 1.77. The molecule has 1 heterocycles. The van der Waals surface area contributed by atoms with E-state index in [1.54, 1.807) is 13.0 Å². The van der Waals surface area contributed by atoms with Crippen LogP contribution >= 0.6 is 11.6 Å².